The number of carboxylic acids is 1. The molecule has 1 fully saturated rings. The Bertz CT molecular complexity index is 295. The minimum absolute atomic E-state index is 0.103. The highest BCUT2D eigenvalue weighted by Crippen LogP contribution is 2.18. The molecule has 1 aliphatic rings. The van der Waals surface area contributed by atoms with Crippen molar-refractivity contribution in [3.63, 3.8) is 0 Å². The summed E-state index contributed by atoms with van der Waals surface area (Å²) in [6.45, 7) is 4.28. The molecular formula is C11H20N2O4. The van der Waals surface area contributed by atoms with Crippen LogP contribution in [0.4, 0.5) is 0 Å². The minimum Gasteiger partial charge on any atom is -0.480 e. The van der Waals surface area contributed by atoms with E-state index in [4.69, 9.17) is 9.84 Å². The molecule has 1 heterocycles. The number of carbonyl (C=O) groups is 2. The van der Waals surface area contributed by atoms with E-state index in [1.165, 1.54) is 6.92 Å². The van der Waals surface area contributed by atoms with E-state index in [9.17, 15) is 9.59 Å². The third-order valence-electron chi connectivity index (χ3n) is 3.05. The fraction of sp³-hybridized carbons (Fsp3) is 0.818. The molecule has 3 unspecified atom stereocenters. The molecule has 2 N–H and O–H groups in total. The summed E-state index contributed by atoms with van der Waals surface area (Å²) in [5, 5.41) is 11.4. The molecule has 1 amide bonds. The molecule has 3 atom stereocenters. The Kier molecular flexibility index (Phi) is 4.89. The van der Waals surface area contributed by atoms with Crippen LogP contribution in [0.15, 0.2) is 0 Å². The molecule has 0 aromatic rings. The van der Waals surface area contributed by atoms with Crippen LogP contribution in [-0.4, -0.2) is 60.3 Å². The zero-order chi connectivity index (χ0) is 13.0. The summed E-state index contributed by atoms with van der Waals surface area (Å²) in [5.74, 6) is -1.35. The minimum atomic E-state index is -1.02. The number of ether oxygens (including phenoxy) is 1. The molecule has 1 rings (SSSR count). The third kappa shape index (κ3) is 3.98. The normalized spacial score (nSPS) is 25.9. The van der Waals surface area contributed by atoms with Crippen LogP contribution in [0.2, 0.25) is 0 Å². The van der Waals surface area contributed by atoms with Crippen molar-refractivity contribution in [2.24, 2.45) is 0 Å². The summed E-state index contributed by atoms with van der Waals surface area (Å²) in [5.41, 5.74) is 0. The number of carboxylic acid groups (broad SMARTS) is 1. The summed E-state index contributed by atoms with van der Waals surface area (Å²) in [7, 11) is 1.85. The first-order valence-electron chi connectivity index (χ1n) is 5.73. The van der Waals surface area contributed by atoms with Gasteiger partial charge in [-0.1, -0.05) is 0 Å². The van der Waals surface area contributed by atoms with Crippen LogP contribution < -0.4 is 5.32 Å². The quantitative estimate of drug-likeness (QED) is 0.693. The van der Waals surface area contributed by atoms with Crippen LogP contribution in [0.25, 0.3) is 0 Å². The van der Waals surface area contributed by atoms with Gasteiger partial charge in [0.2, 0.25) is 5.91 Å². The number of nitrogens with zero attached hydrogens (tertiary/aromatic N) is 1. The van der Waals surface area contributed by atoms with Crippen LogP contribution in [0.5, 0.6) is 0 Å². The van der Waals surface area contributed by atoms with Crippen molar-refractivity contribution in [1.29, 1.82) is 0 Å². The highest BCUT2D eigenvalue weighted by molar-refractivity contribution is 5.82. The number of nitrogens with one attached hydrogen (secondary N) is 1. The van der Waals surface area contributed by atoms with E-state index in [0.29, 0.717) is 6.61 Å². The highest BCUT2D eigenvalue weighted by atomic mass is 16.5. The summed E-state index contributed by atoms with van der Waals surface area (Å²) in [6, 6.07) is -0.657. The van der Waals surface area contributed by atoms with Crippen molar-refractivity contribution in [1.82, 2.24) is 10.2 Å². The fourth-order valence-corrected chi connectivity index (χ4v) is 2.15. The second-order valence-corrected chi connectivity index (χ2v) is 4.46. The van der Waals surface area contributed by atoms with Crippen molar-refractivity contribution in [2.45, 2.75) is 38.5 Å². The van der Waals surface area contributed by atoms with E-state index in [-0.39, 0.29) is 24.6 Å². The Morgan fingerprint density at radius 2 is 2.24 bits per heavy atom. The van der Waals surface area contributed by atoms with Gasteiger partial charge in [0.05, 0.1) is 6.10 Å². The van der Waals surface area contributed by atoms with Gasteiger partial charge in [0.25, 0.3) is 0 Å². The van der Waals surface area contributed by atoms with E-state index in [2.05, 4.69) is 5.32 Å². The molecule has 0 aromatic carbocycles. The van der Waals surface area contributed by atoms with Crippen molar-refractivity contribution in [3.05, 3.63) is 0 Å². The Morgan fingerprint density at radius 3 is 2.65 bits per heavy atom. The molecule has 0 aromatic heterocycles. The average molecular weight is 244 g/mol. The molecule has 1 saturated heterocycles. The number of rotatable bonds is 5. The van der Waals surface area contributed by atoms with Crippen molar-refractivity contribution in [2.75, 3.05) is 20.2 Å². The van der Waals surface area contributed by atoms with Gasteiger partial charge in [-0.25, -0.2) is 4.79 Å². The summed E-state index contributed by atoms with van der Waals surface area (Å²) < 4.78 is 5.43. The molecule has 0 saturated carbocycles. The van der Waals surface area contributed by atoms with Gasteiger partial charge in [-0.2, -0.15) is 0 Å². The predicted octanol–water partition coefficient (Wildman–Crippen LogP) is -0.315. The SMILES string of the molecule is CC(=O)NC(CN(C)C1CCOC1C)C(=O)O. The molecule has 98 valence electrons. The molecule has 6 nitrogen and oxygen atoms in total. The number of hydrogen-bond acceptors (Lipinski definition) is 4. The standard InChI is InChI=1S/C11H20N2O4/c1-7-10(4-5-17-7)13(3)6-9(11(15)16)12-8(2)14/h7,9-10H,4-6H2,1-3H3,(H,12,14)(H,15,16). The summed E-state index contributed by atoms with van der Waals surface area (Å²) >= 11 is 0. The van der Waals surface area contributed by atoms with E-state index < -0.39 is 12.0 Å². The van der Waals surface area contributed by atoms with Gasteiger partial charge in [-0.3, -0.25) is 9.69 Å². The second-order valence-electron chi connectivity index (χ2n) is 4.46. The highest BCUT2D eigenvalue weighted by Gasteiger charge is 2.30. The van der Waals surface area contributed by atoms with Gasteiger partial charge in [0, 0.05) is 26.1 Å². The molecule has 0 spiro atoms. The van der Waals surface area contributed by atoms with E-state index in [1.54, 1.807) is 0 Å². The first-order chi connectivity index (χ1) is 7.91. The Morgan fingerprint density at radius 1 is 1.59 bits per heavy atom. The van der Waals surface area contributed by atoms with Gasteiger partial charge in [-0.05, 0) is 20.4 Å². The Labute approximate surface area is 101 Å². The maximum absolute atomic E-state index is 11.0. The second kappa shape index (κ2) is 5.97. The van der Waals surface area contributed by atoms with E-state index in [1.807, 2.05) is 18.9 Å². The number of likely N-dealkylation sites (N-methyl/N-ethyl adjacent to an activating group) is 1. The van der Waals surface area contributed by atoms with Crippen LogP contribution >= 0.6 is 0 Å². The first-order valence-corrected chi connectivity index (χ1v) is 5.73. The smallest absolute Gasteiger partial charge is 0.327 e. The molecular weight excluding hydrogens is 224 g/mol. The largest absolute Gasteiger partial charge is 0.480 e. The molecule has 0 radical (unpaired) electrons. The lowest BCUT2D eigenvalue weighted by Crippen LogP contribution is -2.50. The predicted molar refractivity (Wildman–Crippen MR) is 61.7 cm³/mol. The topological polar surface area (TPSA) is 78.9 Å². The van der Waals surface area contributed by atoms with Crippen molar-refractivity contribution in [3.8, 4) is 0 Å². The maximum atomic E-state index is 11.0. The number of amides is 1. The van der Waals surface area contributed by atoms with Crippen LogP contribution in [0.3, 0.4) is 0 Å². The maximum Gasteiger partial charge on any atom is 0.327 e. The third-order valence-corrected chi connectivity index (χ3v) is 3.05. The van der Waals surface area contributed by atoms with Crippen molar-refractivity contribution < 1.29 is 19.4 Å². The zero-order valence-electron chi connectivity index (χ0n) is 10.5. The molecule has 1 aliphatic heterocycles. The summed E-state index contributed by atoms with van der Waals surface area (Å²) in [4.78, 5) is 23.8. The lowest BCUT2D eigenvalue weighted by Gasteiger charge is -2.29. The lowest BCUT2D eigenvalue weighted by atomic mass is 10.1. The van der Waals surface area contributed by atoms with Gasteiger partial charge < -0.3 is 15.2 Å². The van der Waals surface area contributed by atoms with Crippen LogP contribution in [0.1, 0.15) is 20.3 Å². The summed E-state index contributed by atoms with van der Waals surface area (Å²) in [6.07, 6.45) is 0.996. The fourth-order valence-electron chi connectivity index (χ4n) is 2.15. The molecule has 17 heavy (non-hydrogen) atoms. The average Bonchev–Trinajstić information content (AvgIpc) is 2.62. The van der Waals surface area contributed by atoms with Gasteiger partial charge >= 0.3 is 5.97 Å². The number of hydrogen-bond donors (Lipinski definition) is 2. The number of aliphatic carboxylic acids is 1. The monoisotopic (exact) mass is 244 g/mol. The number of carbonyl (C=O) groups excluding carboxylic acids is 1. The van der Waals surface area contributed by atoms with Crippen LogP contribution in [-0.2, 0) is 14.3 Å². The lowest BCUT2D eigenvalue weighted by molar-refractivity contribution is -0.142. The van der Waals surface area contributed by atoms with Gasteiger partial charge in [0.1, 0.15) is 6.04 Å². The van der Waals surface area contributed by atoms with Gasteiger partial charge in [0.15, 0.2) is 0 Å². The molecule has 6 heteroatoms. The zero-order valence-corrected chi connectivity index (χ0v) is 10.5. The van der Waals surface area contributed by atoms with E-state index >= 15 is 0 Å². The van der Waals surface area contributed by atoms with Crippen LogP contribution in [0, 0.1) is 0 Å². The van der Waals surface area contributed by atoms with E-state index in [0.717, 1.165) is 6.42 Å². The molecule has 0 aliphatic carbocycles. The Hall–Kier alpha value is -1.14. The first kappa shape index (κ1) is 13.9. The molecule has 0 bridgehead atoms. The van der Waals surface area contributed by atoms with Crippen molar-refractivity contribution >= 4 is 11.9 Å². The van der Waals surface area contributed by atoms with Gasteiger partial charge in [-0.15, -0.1) is 0 Å². The Balaban J connectivity index is 2.54.